The summed E-state index contributed by atoms with van der Waals surface area (Å²) in [6, 6.07) is 27.8. The average molecular weight is 738 g/mol. The van der Waals surface area contributed by atoms with Gasteiger partial charge in [0.05, 0.1) is 31.5 Å². The first-order valence-electron chi connectivity index (χ1n) is 15.3. The van der Waals surface area contributed by atoms with E-state index < -0.39 is 27.4 Å². The van der Waals surface area contributed by atoms with Gasteiger partial charge in [0.25, 0.3) is 5.91 Å². The Balaban J connectivity index is 1.55. The largest absolute Gasteiger partial charge is 0.494 e. The minimum Gasteiger partial charge on any atom is -0.494 e. The summed E-state index contributed by atoms with van der Waals surface area (Å²) in [5, 5.41) is 12.1. The number of aliphatic imine (C=N–C) groups is 1. The molecule has 252 valence electrons. The van der Waals surface area contributed by atoms with E-state index >= 15 is 0 Å². The second-order valence-electron chi connectivity index (χ2n) is 11.1. The molecule has 1 heterocycles. The molecule has 0 spiro atoms. The third-order valence-corrected chi connectivity index (χ3v) is 10.4. The maximum atomic E-state index is 14.5. The standard InChI is InChI=1S/C36H37BrN2O8S/c1-44-31-18-13-25(23-32(31)45-2)24-38-35(41)36(19-22-48(42,43)28-9-4-3-5-10-28)33(29-11-6-7-12-30(29)37)47-34(39-36)26-14-16-27(17-15-26)46-21-8-20-40/h3-7,9-18,23,33,40H,8,19-22,24H2,1-2H3,(H,38,41)/t33-,36-/m1/s1. The molecule has 0 radical (unpaired) electrons. The first-order valence-corrected chi connectivity index (χ1v) is 17.8. The van der Waals surface area contributed by atoms with Crippen LogP contribution in [0.15, 0.2) is 111 Å². The van der Waals surface area contributed by atoms with E-state index in [0.29, 0.717) is 45.9 Å². The van der Waals surface area contributed by atoms with Crippen molar-refractivity contribution in [2.75, 3.05) is 33.2 Å². The minimum atomic E-state index is -3.80. The first-order chi connectivity index (χ1) is 23.2. The third-order valence-electron chi connectivity index (χ3n) is 7.97. The second-order valence-corrected chi connectivity index (χ2v) is 14.0. The summed E-state index contributed by atoms with van der Waals surface area (Å²) in [4.78, 5) is 19.6. The topological polar surface area (TPSA) is 133 Å². The molecule has 0 unspecified atom stereocenters. The molecule has 0 saturated heterocycles. The van der Waals surface area contributed by atoms with Crippen molar-refractivity contribution >= 4 is 37.6 Å². The second kappa shape index (κ2) is 15.7. The van der Waals surface area contributed by atoms with Gasteiger partial charge in [0.1, 0.15) is 5.75 Å². The summed E-state index contributed by atoms with van der Waals surface area (Å²) in [7, 11) is -0.723. The minimum absolute atomic E-state index is 0.0231. The van der Waals surface area contributed by atoms with E-state index in [1.54, 1.807) is 61.7 Å². The monoisotopic (exact) mass is 736 g/mol. The molecular formula is C36H37BrN2O8S. The fourth-order valence-corrected chi connectivity index (χ4v) is 7.28. The Labute approximate surface area is 288 Å². The number of hydrogen-bond acceptors (Lipinski definition) is 9. The van der Waals surface area contributed by atoms with Crippen molar-refractivity contribution in [1.82, 2.24) is 5.32 Å². The molecule has 48 heavy (non-hydrogen) atoms. The zero-order valence-corrected chi connectivity index (χ0v) is 29.0. The average Bonchev–Trinajstić information content (AvgIpc) is 3.51. The molecule has 1 aliphatic heterocycles. The van der Waals surface area contributed by atoms with E-state index in [0.717, 1.165) is 5.56 Å². The summed E-state index contributed by atoms with van der Waals surface area (Å²) in [6.07, 6.45) is -0.641. The van der Waals surface area contributed by atoms with E-state index in [9.17, 15) is 13.2 Å². The lowest BCUT2D eigenvalue weighted by Gasteiger charge is -2.31. The molecule has 0 fully saturated rings. The van der Waals surface area contributed by atoms with Gasteiger partial charge in [-0.2, -0.15) is 0 Å². The van der Waals surface area contributed by atoms with E-state index in [2.05, 4.69) is 21.2 Å². The van der Waals surface area contributed by atoms with Gasteiger partial charge in [-0.25, -0.2) is 13.4 Å². The van der Waals surface area contributed by atoms with Crippen molar-refractivity contribution < 1.29 is 37.3 Å². The van der Waals surface area contributed by atoms with E-state index in [1.807, 2.05) is 30.3 Å². The zero-order valence-electron chi connectivity index (χ0n) is 26.6. The Morgan fingerprint density at radius 2 is 1.67 bits per heavy atom. The van der Waals surface area contributed by atoms with Crippen LogP contribution in [0.2, 0.25) is 0 Å². The van der Waals surface area contributed by atoms with Crippen LogP contribution in [-0.2, 0) is 25.9 Å². The molecule has 0 aliphatic carbocycles. The number of nitrogens with one attached hydrogen (secondary N) is 1. The van der Waals surface area contributed by atoms with Gasteiger partial charge in [-0.05, 0) is 60.2 Å². The van der Waals surface area contributed by atoms with Crippen molar-refractivity contribution in [3.05, 3.63) is 118 Å². The van der Waals surface area contributed by atoms with Crippen molar-refractivity contribution in [3.63, 3.8) is 0 Å². The van der Waals surface area contributed by atoms with Crippen LogP contribution < -0.4 is 19.5 Å². The Kier molecular flexibility index (Phi) is 11.4. The number of carbonyl (C=O) groups is 1. The van der Waals surface area contributed by atoms with E-state index in [1.165, 1.54) is 19.2 Å². The van der Waals surface area contributed by atoms with Gasteiger partial charge in [-0.15, -0.1) is 0 Å². The Morgan fingerprint density at radius 3 is 2.35 bits per heavy atom. The van der Waals surface area contributed by atoms with Gasteiger partial charge in [0, 0.05) is 41.6 Å². The zero-order chi connectivity index (χ0) is 34.1. The highest BCUT2D eigenvalue weighted by Crippen LogP contribution is 2.45. The molecule has 5 rings (SSSR count). The molecular weight excluding hydrogens is 700 g/mol. The summed E-state index contributed by atoms with van der Waals surface area (Å²) < 4.78 is 50.9. The molecule has 4 aromatic carbocycles. The molecule has 2 atom stereocenters. The van der Waals surface area contributed by atoms with Gasteiger partial charge < -0.3 is 29.4 Å². The molecule has 0 aromatic heterocycles. The Hall–Kier alpha value is -4.39. The van der Waals surface area contributed by atoms with E-state index in [-0.39, 0.29) is 36.1 Å². The number of ether oxygens (including phenoxy) is 4. The van der Waals surface area contributed by atoms with Gasteiger partial charge >= 0.3 is 0 Å². The number of aliphatic hydroxyl groups excluding tert-OH is 1. The Bertz CT molecular complexity index is 1850. The maximum Gasteiger partial charge on any atom is 0.252 e. The molecule has 10 nitrogen and oxygen atoms in total. The van der Waals surface area contributed by atoms with Crippen LogP contribution in [0.4, 0.5) is 0 Å². The lowest BCUT2D eigenvalue weighted by atomic mass is 9.85. The van der Waals surface area contributed by atoms with Crippen molar-refractivity contribution in [2.24, 2.45) is 4.99 Å². The highest BCUT2D eigenvalue weighted by Gasteiger charge is 2.54. The highest BCUT2D eigenvalue weighted by molar-refractivity contribution is 9.10. The van der Waals surface area contributed by atoms with Crippen LogP contribution in [0.3, 0.4) is 0 Å². The van der Waals surface area contributed by atoms with Crippen LogP contribution in [0.1, 0.15) is 35.6 Å². The van der Waals surface area contributed by atoms with E-state index in [4.69, 9.17) is 29.0 Å². The number of hydrogen-bond donors (Lipinski definition) is 2. The fourth-order valence-electron chi connectivity index (χ4n) is 5.40. The van der Waals surface area contributed by atoms with Crippen LogP contribution in [0.5, 0.6) is 17.2 Å². The fraction of sp³-hybridized carbons (Fsp3) is 0.278. The summed E-state index contributed by atoms with van der Waals surface area (Å²) in [5.41, 5.74) is 0.291. The molecule has 0 bridgehead atoms. The van der Waals surface area contributed by atoms with Crippen LogP contribution >= 0.6 is 15.9 Å². The van der Waals surface area contributed by atoms with Crippen molar-refractivity contribution in [1.29, 1.82) is 0 Å². The van der Waals surface area contributed by atoms with Crippen molar-refractivity contribution in [3.8, 4) is 17.2 Å². The number of methoxy groups -OCH3 is 2. The van der Waals surface area contributed by atoms with Crippen LogP contribution in [0.25, 0.3) is 0 Å². The Morgan fingerprint density at radius 1 is 0.958 bits per heavy atom. The number of halogens is 1. The normalized spacial score (nSPS) is 17.2. The van der Waals surface area contributed by atoms with Gasteiger partial charge in [-0.3, -0.25) is 4.79 Å². The molecule has 4 aromatic rings. The van der Waals surface area contributed by atoms with Gasteiger partial charge in [0.2, 0.25) is 5.90 Å². The number of benzene rings is 4. The summed E-state index contributed by atoms with van der Waals surface area (Å²) >= 11 is 3.61. The molecule has 2 N–H and O–H groups in total. The lowest BCUT2D eigenvalue weighted by molar-refractivity contribution is -0.129. The number of rotatable bonds is 15. The molecule has 1 amide bonds. The molecule has 1 aliphatic rings. The first kappa shape index (κ1) is 34.9. The third kappa shape index (κ3) is 7.83. The van der Waals surface area contributed by atoms with Crippen LogP contribution in [0, 0.1) is 0 Å². The summed E-state index contributed by atoms with van der Waals surface area (Å²) in [6.45, 7) is 0.492. The number of amides is 1. The molecule has 0 saturated carbocycles. The quantitative estimate of drug-likeness (QED) is 0.149. The molecule has 12 heteroatoms. The highest BCUT2D eigenvalue weighted by atomic mass is 79.9. The summed E-state index contributed by atoms with van der Waals surface area (Å²) in [5.74, 6) is 0.983. The number of sulfone groups is 1. The van der Waals surface area contributed by atoms with Crippen molar-refractivity contribution in [2.45, 2.75) is 35.9 Å². The van der Waals surface area contributed by atoms with Crippen LogP contribution in [-0.4, -0.2) is 64.1 Å². The number of aliphatic hydroxyl groups is 1. The maximum absolute atomic E-state index is 14.5. The predicted octanol–water partition coefficient (Wildman–Crippen LogP) is 5.66. The smallest absolute Gasteiger partial charge is 0.252 e. The number of nitrogens with zero attached hydrogens (tertiary/aromatic N) is 1. The lowest BCUT2D eigenvalue weighted by Crippen LogP contribution is -2.49. The SMILES string of the molecule is COc1ccc(CNC(=O)[C@]2(CCS(=O)(=O)c3ccccc3)N=C(c3ccc(OCCCO)cc3)O[C@@H]2c2ccccc2Br)cc1OC. The van der Waals surface area contributed by atoms with Gasteiger partial charge in [-0.1, -0.05) is 58.4 Å². The predicted molar refractivity (Wildman–Crippen MR) is 185 cm³/mol. The van der Waals surface area contributed by atoms with Gasteiger partial charge in [0.15, 0.2) is 33.0 Å². The number of carbonyl (C=O) groups excluding carboxylic acids is 1.